The number of H-pyrrole nitrogens is 1. The Morgan fingerprint density at radius 3 is 2.90 bits per heavy atom. The molecule has 29 heavy (non-hydrogen) atoms. The van der Waals surface area contributed by atoms with Crippen molar-refractivity contribution in [3.8, 4) is 11.4 Å². The Morgan fingerprint density at radius 1 is 1.24 bits per heavy atom. The highest BCUT2D eigenvalue weighted by Gasteiger charge is 2.30. The van der Waals surface area contributed by atoms with E-state index in [1.165, 1.54) is 17.3 Å². The van der Waals surface area contributed by atoms with Crippen molar-refractivity contribution >= 4 is 28.4 Å². The second-order valence-corrected chi connectivity index (χ2v) is 8.20. The fourth-order valence-corrected chi connectivity index (χ4v) is 4.57. The van der Waals surface area contributed by atoms with Crippen LogP contribution in [0, 0.1) is 0 Å². The van der Waals surface area contributed by atoms with Crippen molar-refractivity contribution in [3.63, 3.8) is 0 Å². The molecule has 0 amide bonds. The second-order valence-electron chi connectivity index (χ2n) is 7.26. The Balaban J connectivity index is 1.40. The lowest BCUT2D eigenvalue weighted by Crippen LogP contribution is -2.05. The molecule has 6 nitrogen and oxygen atoms in total. The van der Waals surface area contributed by atoms with Crippen molar-refractivity contribution in [2.24, 2.45) is 0 Å². The average Bonchev–Trinajstić information content (AvgIpc) is 3.36. The predicted molar refractivity (Wildman–Crippen MR) is 114 cm³/mol. The summed E-state index contributed by atoms with van der Waals surface area (Å²) < 4.78 is 2.17. The van der Waals surface area contributed by atoms with E-state index in [9.17, 15) is 4.79 Å². The minimum atomic E-state index is 0.0998. The molecular weight excluding hydrogens is 382 g/mol. The van der Waals surface area contributed by atoms with Crippen LogP contribution in [0.2, 0.25) is 0 Å². The van der Waals surface area contributed by atoms with E-state index in [2.05, 4.69) is 37.7 Å². The van der Waals surface area contributed by atoms with E-state index in [1.807, 2.05) is 30.5 Å². The number of aromatic nitrogens is 5. The van der Waals surface area contributed by atoms with Crippen LogP contribution in [0.1, 0.15) is 41.7 Å². The first-order valence-corrected chi connectivity index (χ1v) is 10.8. The van der Waals surface area contributed by atoms with Crippen molar-refractivity contribution in [1.82, 2.24) is 24.7 Å². The van der Waals surface area contributed by atoms with Crippen LogP contribution in [0.5, 0.6) is 0 Å². The van der Waals surface area contributed by atoms with Gasteiger partial charge in [-0.15, -0.1) is 10.2 Å². The van der Waals surface area contributed by atoms with E-state index in [4.69, 9.17) is 0 Å². The number of ketones is 1. The number of rotatable bonds is 7. The number of nitrogens with one attached hydrogen (secondary N) is 1. The van der Waals surface area contributed by atoms with Gasteiger partial charge in [-0.25, -0.2) is 0 Å². The number of para-hydroxylation sites is 1. The quantitative estimate of drug-likeness (QED) is 0.358. The van der Waals surface area contributed by atoms with Crippen molar-refractivity contribution < 1.29 is 4.79 Å². The summed E-state index contributed by atoms with van der Waals surface area (Å²) in [5.41, 5.74) is 3.98. The molecule has 1 saturated carbocycles. The molecule has 7 heteroatoms. The third-order valence-electron chi connectivity index (χ3n) is 5.31. The molecule has 1 N–H and O–H groups in total. The van der Waals surface area contributed by atoms with Gasteiger partial charge in [0.25, 0.3) is 0 Å². The van der Waals surface area contributed by atoms with Crippen LogP contribution in [-0.2, 0) is 6.42 Å². The molecule has 1 aliphatic carbocycles. The van der Waals surface area contributed by atoms with Gasteiger partial charge in [0.15, 0.2) is 16.8 Å². The first-order valence-electron chi connectivity index (χ1n) is 9.86. The van der Waals surface area contributed by atoms with Crippen molar-refractivity contribution in [2.75, 3.05) is 5.75 Å². The third kappa shape index (κ3) is 3.35. The zero-order valence-electron chi connectivity index (χ0n) is 16.1. The summed E-state index contributed by atoms with van der Waals surface area (Å²) in [6.45, 7) is 2.12. The number of aryl methyl sites for hydroxylation is 1. The number of pyridine rings is 1. The van der Waals surface area contributed by atoms with Gasteiger partial charge in [-0.05, 0) is 37.0 Å². The smallest absolute Gasteiger partial charge is 0.192 e. The highest BCUT2D eigenvalue weighted by molar-refractivity contribution is 7.99. The van der Waals surface area contributed by atoms with Crippen LogP contribution in [0.4, 0.5) is 0 Å². The summed E-state index contributed by atoms with van der Waals surface area (Å²) in [5, 5.41) is 10.6. The van der Waals surface area contributed by atoms with Crippen molar-refractivity contribution in [1.29, 1.82) is 0 Å². The van der Waals surface area contributed by atoms with E-state index in [1.54, 1.807) is 12.4 Å². The van der Waals surface area contributed by atoms with Crippen molar-refractivity contribution in [3.05, 3.63) is 60.0 Å². The Hall–Kier alpha value is -2.93. The number of thioether (sulfide) groups is 1. The molecule has 5 rings (SSSR count). The zero-order chi connectivity index (χ0) is 19.8. The van der Waals surface area contributed by atoms with Crippen LogP contribution in [-0.4, -0.2) is 36.3 Å². The van der Waals surface area contributed by atoms with E-state index >= 15 is 0 Å². The molecule has 3 heterocycles. The minimum absolute atomic E-state index is 0.0998. The number of hydrogen-bond donors (Lipinski definition) is 1. The van der Waals surface area contributed by atoms with Gasteiger partial charge in [0.05, 0.1) is 5.75 Å². The summed E-state index contributed by atoms with van der Waals surface area (Å²) in [5.74, 6) is 1.26. The first-order chi connectivity index (χ1) is 14.3. The minimum Gasteiger partial charge on any atom is -0.360 e. The van der Waals surface area contributed by atoms with Crippen molar-refractivity contribution in [2.45, 2.75) is 37.4 Å². The first kappa shape index (κ1) is 18.1. The molecule has 0 saturated heterocycles. The number of aromatic amines is 1. The fourth-order valence-electron chi connectivity index (χ4n) is 3.68. The highest BCUT2D eigenvalue weighted by atomic mass is 32.2. The topological polar surface area (TPSA) is 76.5 Å². The maximum absolute atomic E-state index is 13.0. The summed E-state index contributed by atoms with van der Waals surface area (Å²) in [7, 11) is 0. The van der Waals surface area contributed by atoms with E-state index in [0.29, 0.717) is 11.8 Å². The normalized spacial score (nSPS) is 13.8. The molecule has 0 aliphatic heterocycles. The van der Waals surface area contributed by atoms with E-state index < -0.39 is 0 Å². The average molecular weight is 404 g/mol. The number of carbonyl (C=O) groups is 1. The summed E-state index contributed by atoms with van der Waals surface area (Å²) in [6, 6.07) is 10.4. The molecule has 0 spiro atoms. The van der Waals surface area contributed by atoms with Gasteiger partial charge in [-0.3, -0.25) is 14.3 Å². The molecule has 0 unspecified atom stereocenters. The Bertz CT molecular complexity index is 1180. The van der Waals surface area contributed by atoms with Crippen LogP contribution < -0.4 is 0 Å². The standard InChI is InChI=1S/C22H21N5OS/c1-2-14-5-3-7-17-18(12-24-20(14)17)19(28)13-29-22-26-25-21(27(22)16-8-9-16)15-6-4-10-23-11-15/h3-7,10-12,16,24H,2,8-9,13H2,1H3. The lowest BCUT2D eigenvalue weighted by atomic mass is 10.1. The van der Waals surface area contributed by atoms with E-state index in [-0.39, 0.29) is 5.78 Å². The number of Topliss-reactive ketones (excluding diaryl/α,β-unsaturated/α-hetero) is 1. The Kier molecular flexibility index (Phi) is 4.67. The van der Waals surface area contributed by atoms with Gasteiger partial charge in [-0.2, -0.15) is 0 Å². The maximum atomic E-state index is 13.0. The van der Waals surface area contributed by atoms with Gasteiger partial charge in [0.2, 0.25) is 0 Å². The Morgan fingerprint density at radius 2 is 2.14 bits per heavy atom. The molecule has 1 aromatic carbocycles. The monoisotopic (exact) mass is 403 g/mol. The van der Waals surface area contributed by atoms with Crippen LogP contribution >= 0.6 is 11.8 Å². The maximum Gasteiger partial charge on any atom is 0.192 e. The molecule has 0 atom stereocenters. The molecule has 3 aromatic heterocycles. The summed E-state index contributed by atoms with van der Waals surface area (Å²) >= 11 is 1.46. The molecule has 1 fully saturated rings. The zero-order valence-corrected chi connectivity index (χ0v) is 16.9. The molecule has 0 bridgehead atoms. The van der Waals surface area contributed by atoms with Gasteiger partial charge in [0.1, 0.15) is 0 Å². The largest absolute Gasteiger partial charge is 0.360 e. The van der Waals surface area contributed by atoms with E-state index in [0.717, 1.165) is 52.3 Å². The summed E-state index contributed by atoms with van der Waals surface area (Å²) in [4.78, 5) is 20.4. The number of nitrogens with zero attached hydrogens (tertiary/aromatic N) is 4. The summed E-state index contributed by atoms with van der Waals surface area (Å²) in [6.07, 6.45) is 8.56. The van der Waals surface area contributed by atoms with Gasteiger partial charge < -0.3 is 4.98 Å². The fraction of sp³-hybridized carbons (Fsp3) is 0.273. The molecule has 4 aromatic rings. The molecular formula is C22H21N5OS. The molecule has 0 radical (unpaired) electrons. The van der Waals surface area contributed by atoms with Gasteiger partial charge >= 0.3 is 0 Å². The molecule has 146 valence electrons. The number of hydrogen-bond acceptors (Lipinski definition) is 5. The van der Waals surface area contributed by atoms with Crippen LogP contribution in [0.3, 0.4) is 0 Å². The highest BCUT2D eigenvalue weighted by Crippen LogP contribution is 2.41. The van der Waals surface area contributed by atoms with Crippen LogP contribution in [0.25, 0.3) is 22.3 Å². The second kappa shape index (κ2) is 7.48. The number of fused-ring (bicyclic) bond motifs is 1. The third-order valence-corrected chi connectivity index (χ3v) is 6.25. The lowest BCUT2D eigenvalue weighted by Gasteiger charge is -2.08. The van der Waals surface area contributed by atoms with Crippen LogP contribution in [0.15, 0.2) is 54.1 Å². The number of carbonyl (C=O) groups excluding carboxylic acids is 1. The Labute approximate surface area is 172 Å². The van der Waals surface area contributed by atoms with Gasteiger partial charge in [0, 0.05) is 46.7 Å². The molecule has 1 aliphatic rings. The van der Waals surface area contributed by atoms with Gasteiger partial charge in [-0.1, -0.05) is 36.9 Å². The lowest BCUT2D eigenvalue weighted by molar-refractivity contribution is 0.102. The SMILES string of the molecule is CCc1cccc2c(C(=O)CSc3nnc(-c4cccnc4)n3C3CC3)c[nH]c12. The predicted octanol–water partition coefficient (Wildman–Crippen LogP) is 4.69. The number of benzene rings is 1.